The van der Waals surface area contributed by atoms with Crippen LogP contribution in [0.15, 0.2) is 35.6 Å². The molecule has 2 aliphatic rings. The van der Waals surface area contributed by atoms with Crippen LogP contribution < -0.4 is 4.90 Å². The van der Waals surface area contributed by atoms with Crippen LogP contribution in [0.2, 0.25) is 5.02 Å². The van der Waals surface area contributed by atoms with Gasteiger partial charge in [0.1, 0.15) is 13.1 Å². The van der Waals surface area contributed by atoms with Crippen molar-refractivity contribution >= 4 is 23.3 Å². The summed E-state index contributed by atoms with van der Waals surface area (Å²) in [4.78, 5) is 27.7. The summed E-state index contributed by atoms with van der Waals surface area (Å²) in [7, 11) is 0. The van der Waals surface area contributed by atoms with Crippen LogP contribution in [0.4, 0.5) is 0 Å². The van der Waals surface area contributed by atoms with Gasteiger partial charge in [-0.3, -0.25) is 9.59 Å². The van der Waals surface area contributed by atoms with Gasteiger partial charge in [0.25, 0.3) is 5.91 Å². The predicted octanol–water partition coefficient (Wildman–Crippen LogP) is 0.930. The molecule has 0 aliphatic carbocycles. The molecule has 2 heterocycles. The Labute approximate surface area is 158 Å². The number of aliphatic hydroxyl groups is 1. The number of Topliss-reactive ketones (excluding diaryl/α,β-unsaturated/α-hetero) is 1. The van der Waals surface area contributed by atoms with Gasteiger partial charge >= 0.3 is 0 Å². The maximum absolute atomic E-state index is 12.6. The van der Waals surface area contributed by atoms with E-state index in [0.717, 1.165) is 39.3 Å². The van der Waals surface area contributed by atoms with Crippen LogP contribution in [0, 0.1) is 0 Å². The number of nitrogens with zero attached hydrogens (tertiary/aromatic N) is 1. The van der Waals surface area contributed by atoms with Crippen molar-refractivity contribution in [2.24, 2.45) is 0 Å². The molecule has 0 aromatic heterocycles. The molecule has 1 atom stereocenters. The molecule has 1 aromatic carbocycles. The van der Waals surface area contributed by atoms with Gasteiger partial charge in [0.05, 0.1) is 31.4 Å². The summed E-state index contributed by atoms with van der Waals surface area (Å²) in [5.74, 6) is -1.28. The quantitative estimate of drug-likeness (QED) is 0.771. The lowest BCUT2D eigenvalue weighted by Gasteiger charge is -2.28. The number of hydrogen-bond donors (Lipinski definition) is 2. The number of morpholine rings is 1. The molecule has 7 heteroatoms. The fraction of sp³-hybridized carbons (Fsp3) is 0.474. The van der Waals surface area contributed by atoms with Crippen molar-refractivity contribution in [3.8, 4) is 0 Å². The van der Waals surface area contributed by atoms with E-state index >= 15 is 0 Å². The molecule has 1 amide bonds. The number of quaternary nitrogens is 1. The first kappa shape index (κ1) is 18.9. The summed E-state index contributed by atoms with van der Waals surface area (Å²) in [5, 5.41) is 10.7. The molecule has 1 fully saturated rings. The molecule has 1 saturated heterocycles. The molecule has 0 unspecified atom stereocenters. The first-order valence-corrected chi connectivity index (χ1v) is 9.29. The third-order valence-corrected chi connectivity index (χ3v) is 5.36. The third kappa shape index (κ3) is 3.77. The Morgan fingerprint density at radius 1 is 1.35 bits per heavy atom. The van der Waals surface area contributed by atoms with Gasteiger partial charge in [-0.25, -0.2) is 0 Å². The number of ketones is 1. The van der Waals surface area contributed by atoms with E-state index in [-0.39, 0.29) is 11.4 Å². The van der Waals surface area contributed by atoms with Crippen molar-refractivity contribution < 1.29 is 24.3 Å². The smallest absolute Gasteiger partial charge is 0.290 e. The molecule has 3 rings (SSSR count). The molecule has 0 spiro atoms. The maximum atomic E-state index is 12.6. The Bertz CT molecular complexity index is 728. The number of carbonyl (C=O) groups excluding carboxylic acids is 2. The average molecular weight is 380 g/mol. The van der Waals surface area contributed by atoms with Gasteiger partial charge < -0.3 is 19.6 Å². The Balaban J connectivity index is 1.79. The summed E-state index contributed by atoms with van der Waals surface area (Å²) < 4.78 is 5.36. The predicted molar refractivity (Wildman–Crippen MR) is 97.2 cm³/mol. The Kier molecular flexibility index (Phi) is 5.96. The minimum atomic E-state index is -0.631. The lowest BCUT2D eigenvalue weighted by atomic mass is 9.96. The number of halogens is 1. The summed E-state index contributed by atoms with van der Waals surface area (Å²) in [6, 6.07) is 6.50. The zero-order chi connectivity index (χ0) is 18.7. The normalized spacial score (nSPS) is 21.5. The number of rotatable bonds is 6. The molecule has 0 bridgehead atoms. The van der Waals surface area contributed by atoms with Crippen LogP contribution in [0.25, 0.3) is 0 Å². The van der Waals surface area contributed by atoms with Gasteiger partial charge in [0.15, 0.2) is 11.5 Å². The van der Waals surface area contributed by atoms with Gasteiger partial charge in [-0.15, -0.1) is 0 Å². The summed E-state index contributed by atoms with van der Waals surface area (Å²) in [6.07, 6.45) is 0.778. The van der Waals surface area contributed by atoms with Crippen LogP contribution in [-0.2, 0) is 14.3 Å². The molecule has 2 N–H and O–H groups in total. The van der Waals surface area contributed by atoms with E-state index in [9.17, 15) is 14.7 Å². The van der Waals surface area contributed by atoms with Crippen LogP contribution in [0.3, 0.4) is 0 Å². The topological polar surface area (TPSA) is 71.3 Å². The standard InChI is InChI=1S/C19H23ClN2O4/c1-13(23)16-17(14-5-2-3-6-15(14)20)22(19(25)18(16)24)8-4-7-21-9-11-26-12-10-21/h2-3,5-6,17,24H,4,7-12H2,1H3/p+1/t17-/m1/s1. The molecule has 6 nitrogen and oxygen atoms in total. The van der Waals surface area contributed by atoms with E-state index in [1.807, 2.05) is 6.07 Å². The SMILES string of the molecule is CC(=O)C1=C(O)C(=O)N(CCC[NH+]2CCOCC2)[C@@H]1c1ccccc1Cl. The Hall–Kier alpha value is -1.89. The van der Waals surface area contributed by atoms with Gasteiger partial charge in [0.2, 0.25) is 0 Å². The highest BCUT2D eigenvalue weighted by Crippen LogP contribution is 2.40. The minimum absolute atomic E-state index is 0.127. The highest BCUT2D eigenvalue weighted by molar-refractivity contribution is 6.31. The van der Waals surface area contributed by atoms with Gasteiger partial charge in [-0.2, -0.15) is 0 Å². The van der Waals surface area contributed by atoms with Crippen molar-refractivity contribution in [1.29, 1.82) is 0 Å². The van der Waals surface area contributed by atoms with Gasteiger partial charge in [-0.05, 0) is 18.6 Å². The fourth-order valence-electron chi connectivity index (χ4n) is 3.67. The monoisotopic (exact) mass is 379 g/mol. The molecule has 2 aliphatic heterocycles. The number of nitrogens with one attached hydrogen (secondary N) is 1. The van der Waals surface area contributed by atoms with E-state index < -0.39 is 17.7 Å². The van der Waals surface area contributed by atoms with E-state index in [4.69, 9.17) is 16.3 Å². The van der Waals surface area contributed by atoms with E-state index in [1.54, 1.807) is 23.1 Å². The second-order valence-corrected chi connectivity index (χ2v) is 7.11. The lowest BCUT2D eigenvalue weighted by molar-refractivity contribution is -0.908. The zero-order valence-electron chi connectivity index (χ0n) is 14.8. The highest BCUT2D eigenvalue weighted by atomic mass is 35.5. The van der Waals surface area contributed by atoms with E-state index in [1.165, 1.54) is 11.8 Å². The summed E-state index contributed by atoms with van der Waals surface area (Å²) in [6.45, 7) is 6.19. The van der Waals surface area contributed by atoms with Crippen LogP contribution >= 0.6 is 11.6 Å². The zero-order valence-corrected chi connectivity index (χ0v) is 15.6. The summed E-state index contributed by atoms with van der Waals surface area (Å²) >= 11 is 6.32. The highest BCUT2D eigenvalue weighted by Gasteiger charge is 2.42. The largest absolute Gasteiger partial charge is 0.503 e. The van der Waals surface area contributed by atoms with Crippen molar-refractivity contribution in [2.45, 2.75) is 19.4 Å². The number of amides is 1. The van der Waals surface area contributed by atoms with Gasteiger partial charge in [0, 0.05) is 18.0 Å². The molecule has 0 radical (unpaired) electrons. The maximum Gasteiger partial charge on any atom is 0.290 e. The minimum Gasteiger partial charge on any atom is -0.503 e. The van der Waals surface area contributed by atoms with Crippen molar-refractivity contribution in [2.75, 3.05) is 39.4 Å². The first-order valence-electron chi connectivity index (χ1n) is 8.91. The van der Waals surface area contributed by atoms with Crippen molar-refractivity contribution in [3.63, 3.8) is 0 Å². The van der Waals surface area contributed by atoms with Crippen molar-refractivity contribution in [3.05, 3.63) is 46.2 Å². The Morgan fingerprint density at radius 3 is 2.69 bits per heavy atom. The number of hydrogen-bond acceptors (Lipinski definition) is 4. The molecular formula is C19H24ClN2O4+. The molecular weight excluding hydrogens is 356 g/mol. The number of carbonyl (C=O) groups is 2. The molecule has 140 valence electrons. The summed E-state index contributed by atoms with van der Waals surface area (Å²) in [5.41, 5.74) is 0.789. The van der Waals surface area contributed by atoms with Crippen LogP contribution in [0.1, 0.15) is 24.9 Å². The van der Waals surface area contributed by atoms with Crippen LogP contribution in [-0.4, -0.2) is 61.1 Å². The fourth-order valence-corrected chi connectivity index (χ4v) is 3.91. The number of aliphatic hydroxyl groups excluding tert-OH is 1. The van der Waals surface area contributed by atoms with Crippen molar-refractivity contribution in [1.82, 2.24) is 4.90 Å². The second-order valence-electron chi connectivity index (χ2n) is 6.71. The third-order valence-electron chi connectivity index (χ3n) is 5.01. The van der Waals surface area contributed by atoms with E-state index in [2.05, 4.69) is 0 Å². The Morgan fingerprint density at radius 2 is 2.04 bits per heavy atom. The van der Waals surface area contributed by atoms with E-state index in [0.29, 0.717) is 17.1 Å². The first-order chi connectivity index (χ1) is 12.5. The lowest BCUT2D eigenvalue weighted by Crippen LogP contribution is -3.14. The molecule has 1 aromatic rings. The van der Waals surface area contributed by atoms with Crippen LogP contribution in [0.5, 0.6) is 0 Å². The van der Waals surface area contributed by atoms with Gasteiger partial charge in [-0.1, -0.05) is 29.8 Å². The second kappa shape index (κ2) is 8.20. The molecule has 26 heavy (non-hydrogen) atoms. The molecule has 0 saturated carbocycles. The number of ether oxygens (including phenoxy) is 1. The average Bonchev–Trinajstić information content (AvgIpc) is 2.88. The number of benzene rings is 1.